The van der Waals surface area contributed by atoms with Crippen LogP contribution < -0.4 is 5.14 Å². The Morgan fingerprint density at radius 1 is 1.58 bits per heavy atom. The van der Waals surface area contributed by atoms with Crippen molar-refractivity contribution in [3.05, 3.63) is 29.8 Å². The topological polar surface area (TPSA) is 52.3 Å². The van der Waals surface area contributed by atoms with Crippen molar-refractivity contribution in [1.82, 2.24) is 0 Å². The largest absolute Gasteiger partial charge is 0.380 e. The molecule has 12 heavy (non-hydrogen) atoms. The molecule has 0 aliphatic rings. The van der Waals surface area contributed by atoms with Gasteiger partial charge in [-0.25, -0.2) is 9.35 Å². The third-order valence-corrected chi connectivity index (χ3v) is 2.16. The van der Waals surface area contributed by atoms with Crippen LogP contribution in [0.2, 0.25) is 0 Å². The summed E-state index contributed by atoms with van der Waals surface area (Å²) in [4.78, 5) is 0.629. The van der Waals surface area contributed by atoms with Crippen LogP contribution in [0.25, 0.3) is 0 Å². The van der Waals surface area contributed by atoms with Gasteiger partial charge in [-0.15, -0.1) is 0 Å². The first-order valence-electron chi connectivity index (χ1n) is 3.48. The lowest BCUT2D eigenvalue weighted by atomic mass is 10.2. The maximum absolute atomic E-state index is 10.8. The summed E-state index contributed by atoms with van der Waals surface area (Å²) >= 11 is 0. The molecule has 3 nitrogen and oxygen atoms in total. The highest BCUT2D eigenvalue weighted by atomic mass is 32.2. The van der Waals surface area contributed by atoms with E-state index in [1.165, 1.54) is 0 Å². The summed E-state index contributed by atoms with van der Waals surface area (Å²) in [6.07, 6.45) is 0. The van der Waals surface area contributed by atoms with Crippen molar-refractivity contribution >= 4 is 11.0 Å². The molecule has 0 spiro atoms. The second kappa shape index (κ2) is 4.35. The molecule has 0 aliphatic heterocycles. The highest BCUT2D eigenvalue weighted by Crippen LogP contribution is 2.07. The van der Waals surface area contributed by atoms with Crippen LogP contribution in [0, 0.1) is 0 Å². The molecule has 1 atom stereocenters. The summed E-state index contributed by atoms with van der Waals surface area (Å²) in [5.41, 5.74) is 0.980. The summed E-state index contributed by atoms with van der Waals surface area (Å²) in [7, 11) is 0.219. The average molecular weight is 185 g/mol. The van der Waals surface area contributed by atoms with Gasteiger partial charge in [-0.3, -0.25) is 0 Å². The molecule has 1 aromatic rings. The summed E-state index contributed by atoms with van der Waals surface area (Å²) < 4.78 is 15.8. The van der Waals surface area contributed by atoms with Gasteiger partial charge in [0.1, 0.15) is 11.0 Å². The molecular formula is C8H11NO2S. The molecule has 0 saturated carbocycles. The normalized spacial score (nSPS) is 12.8. The van der Waals surface area contributed by atoms with Gasteiger partial charge >= 0.3 is 0 Å². The summed E-state index contributed by atoms with van der Waals surface area (Å²) in [6, 6.07) is 7.23. The first kappa shape index (κ1) is 9.38. The molecule has 0 fully saturated rings. The SMILES string of the molecule is COCc1cccc(S(N)=O)c1. The van der Waals surface area contributed by atoms with Gasteiger partial charge in [-0.05, 0) is 17.7 Å². The highest BCUT2D eigenvalue weighted by Gasteiger charge is 1.98. The van der Waals surface area contributed by atoms with E-state index in [-0.39, 0.29) is 0 Å². The lowest BCUT2D eigenvalue weighted by molar-refractivity contribution is 0.184. The Morgan fingerprint density at radius 3 is 2.92 bits per heavy atom. The van der Waals surface area contributed by atoms with Crippen LogP contribution in [0.4, 0.5) is 0 Å². The van der Waals surface area contributed by atoms with Gasteiger partial charge in [0.15, 0.2) is 0 Å². The smallest absolute Gasteiger partial charge is 0.122 e. The number of rotatable bonds is 3. The summed E-state index contributed by atoms with van der Waals surface area (Å²) in [6.45, 7) is 0.519. The fraction of sp³-hybridized carbons (Fsp3) is 0.250. The molecule has 4 heteroatoms. The monoisotopic (exact) mass is 185 g/mol. The molecule has 0 aliphatic carbocycles. The van der Waals surface area contributed by atoms with E-state index in [2.05, 4.69) is 0 Å². The van der Waals surface area contributed by atoms with Crippen molar-refractivity contribution in [2.45, 2.75) is 11.5 Å². The average Bonchev–Trinajstić information content (AvgIpc) is 2.05. The first-order chi connectivity index (χ1) is 5.74. The van der Waals surface area contributed by atoms with Gasteiger partial charge in [0, 0.05) is 7.11 Å². The molecular weight excluding hydrogens is 174 g/mol. The zero-order chi connectivity index (χ0) is 8.97. The zero-order valence-corrected chi connectivity index (χ0v) is 7.64. The fourth-order valence-electron chi connectivity index (χ4n) is 0.927. The van der Waals surface area contributed by atoms with Crippen molar-refractivity contribution in [2.75, 3.05) is 7.11 Å². The predicted octanol–water partition coefficient (Wildman–Crippen LogP) is 0.814. The quantitative estimate of drug-likeness (QED) is 0.757. The minimum Gasteiger partial charge on any atom is -0.380 e. The maximum atomic E-state index is 10.8. The van der Waals surface area contributed by atoms with E-state index in [0.717, 1.165) is 5.56 Å². The van der Waals surface area contributed by atoms with Crippen LogP contribution in [-0.2, 0) is 22.3 Å². The Bertz CT molecular complexity index is 288. The first-order valence-corrected chi connectivity index (χ1v) is 4.69. The van der Waals surface area contributed by atoms with Crippen molar-refractivity contribution in [3.63, 3.8) is 0 Å². The lowest BCUT2D eigenvalue weighted by Crippen LogP contribution is -2.03. The summed E-state index contributed by atoms with van der Waals surface area (Å²) in [5.74, 6) is 0. The number of nitrogens with two attached hydrogens (primary N) is 1. The van der Waals surface area contributed by atoms with Crippen molar-refractivity contribution in [2.24, 2.45) is 5.14 Å². The fourth-order valence-corrected chi connectivity index (χ4v) is 1.41. The number of methoxy groups -OCH3 is 1. The van der Waals surface area contributed by atoms with Gasteiger partial charge in [0.25, 0.3) is 0 Å². The van der Waals surface area contributed by atoms with E-state index >= 15 is 0 Å². The Balaban J connectivity index is 2.88. The Kier molecular flexibility index (Phi) is 3.40. The Morgan fingerprint density at radius 2 is 2.33 bits per heavy atom. The van der Waals surface area contributed by atoms with E-state index < -0.39 is 11.0 Å². The third kappa shape index (κ3) is 2.41. The van der Waals surface area contributed by atoms with Crippen molar-refractivity contribution < 1.29 is 8.95 Å². The van der Waals surface area contributed by atoms with Crippen LogP contribution in [-0.4, -0.2) is 11.3 Å². The standard InChI is InChI=1S/C8H11NO2S/c1-11-6-7-3-2-4-8(5-7)12(9)10/h2-5H,6,9H2,1H3. The van der Waals surface area contributed by atoms with Crippen molar-refractivity contribution in [3.8, 4) is 0 Å². The van der Waals surface area contributed by atoms with Crippen LogP contribution >= 0.6 is 0 Å². The molecule has 0 bridgehead atoms. The molecule has 0 amide bonds. The molecule has 0 radical (unpaired) electrons. The molecule has 66 valence electrons. The van der Waals surface area contributed by atoms with Gasteiger partial charge in [-0.2, -0.15) is 0 Å². The molecule has 1 unspecified atom stereocenters. The zero-order valence-electron chi connectivity index (χ0n) is 6.82. The number of benzene rings is 1. The van der Waals surface area contributed by atoms with Crippen molar-refractivity contribution in [1.29, 1.82) is 0 Å². The minimum atomic E-state index is -1.40. The molecule has 0 aromatic heterocycles. The summed E-state index contributed by atoms with van der Waals surface area (Å²) in [5, 5.41) is 5.21. The van der Waals surface area contributed by atoms with Crippen LogP contribution in [0.5, 0.6) is 0 Å². The van der Waals surface area contributed by atoms with E-state index in [4.69, 9.17) is 9.88 Å². The van der Waals surface area contributed by atoms with Gasteiger partial charge < -0.3 is 4.74 Å². The van der Waals surface area contributed by atoms with Gasteiger partial charge in [0.2, 0.25) is 0 Å². The Labute approximate surface area is 74.1 Å². The Hall–Kier alpha value is -0.710. The van der Waals surface area contributed by atoms with Crippen LogP contribution in [0.1, 0.15) is 5.56 Å². The molecule has 0 heterocycles. The van der Waals surface area contributed by atoms with Crippen LogP contribution in [0.15, 0.2) is 29.2 Å². The van der Waals surface area contributed by atoms with E-state index in [0.29, 0.717) is 11.5 Å². The number of hydrogen-bond acceptors (Lipinski definition) is 2. The van der Waals surface area contributed by atoms with E-state index in [9.17, 15) is 4.21 Å². The van der Waals surface area contributed by atoms with Gasteiger partial charge in [0.05, 0.1) is 11.5 Å². The van der Waals surface area contributed by atoms with E-state index in [1.54, 1.807) is 19.2 Å². The number of hydrogen-bond donors (Lipinski definition) is 1. The van der Waals surface area contributed by atoms with E-state index in [1.807, 2.05) is 12.1 Å². The number of ether oxygens (including phenoxy) is 1. The molecule has 1 aromatic carbocycles. The molecule has 2 N–H and O–H groups in total. The third-order valence-electron chi connectivity index (χ3n) is 1.44. The lowest BCUT2D eigenvalue weighted by Gasteiger charge is -2.00. The molecule has 1 rings (SSSR count). The predicted molar refractivity (Wildman–Crippen MR) is 47.8 cm³/mol. The van der Waals surface area contributed by atoms with Crippen LogP contribution in [0.3, 0.4) is 0 Å². The second-order valence-electron chi connectivity index (χ2n) is 2.38. The minimum absolute atomic E-state index is 0.519. The second-order valence-corrected chi connectivity index (χ2v) is 3.44. The maximum Gasteiger partial charge on any atom is 0.122 e. The highest BCUT2D eigenvalue weighted by molar-refractivity contribution is 7.82. The van der Waals surface area contributed by atoms with Gasteiger partial charge in [-0.1, -0.05) is 12.1 Å². The molecule has 0 saturated heterocycles.